The molecule has 34 heavy (non-hydrogen) atoms. The zero-order valence-corrected chi connectivity index (χ0v) is 19.3. The van der Waals surface area contributed by atoms with E-state index >= 15 is 0 Å². The van der Waals surface area contributed by atoms with Gasteiger partial charge in [0.1, 0.15) is 5.58 Å². The Balaban J connectivity index is 1.75. The van der Waals surface area contributed by atoms with Gasteiger partial charge >= 0.3 is 0 Å². The van der Waals surface area contributed by atoms with E-state index in [1.54, 1.807) is 54.5 Å². The number of halogens is 1. The van der Waals surface area contributed by atoms with Crippen LogP contribution in [0.3, 0.4) is 0 Å². The van der Waals surface area contributed by atoms with E-state index in [2.05, 4.69) is 4.98 Å². The van der Waals surface area contributed by atoms with Crippen LogP contribution in [0, 0.1) is 6.92 Å². The first-order valence-electron chi connectivity index (χ1n) is 10.8. The summed E-state index contributed by atoms with van der Waals surface area (Å²) < 4.78 is 11.6. The maximum atomic E-state index is 13.7. The topological polar surface area (TPSA) is 92.9 Å². The van der Waals surface area contributed by atoms with Crippen molar-refractivity contribution in [3.05, 3.63) is 98.1 Å². The number of pyridine rings is 1. The van der Waals surface area contributed by atoms with E-state index in [4.69, 9.17) is 20.8 Å². The minimum atomic E-state index is -0.747. The first-order valence-corrected chi connectivity index (χ1v) is 11.2. The summed E-state index contributed by atoms with van der Waals surface area (Å²) in [6.07, 6.45) is 3.32. The van der Waals surface area contributed by atoms with Crippen LogP contribution in [0.15, 0.2) is 64.1 Å². The lowest BCUT2D eigenvalue weighted by molar-refractivity contribution is 0.0714. The smallest absolute Gasteiger partial charge is 0.291 e. The quantitative estimate of drug-likeness (QED) is 0.435. The lowest BCUT2D eigenvalue weighted by Gasteiger charge is -2.25. The van der Waals surface area contributed by atoms with E-state index in [1.807, 2.05) is 13.0 Å². The molecule has 2 aromatic carbocycles. The second-order valence-electron chi connectivity index (χ2n) is 8.13. The number of nitrogens with zero attached hydrogens (tertiary/aromatic N) is 2. The van der Waals surface area contributed by atoms with E-state index < -0.39 is 11.9 Å². The lowest BCUT2D eigenvalue weighted by Crippen LogP contribution is -2.29. The number of carbonyl (C=O) groups excluding carboxylic acids is 1. The number of rotatable bonds is 5. The predicted octanol–water partition coefficient (Wildman–Crippen LogP) is 5.00. The highest BCUT2D eigenvalue weighted by Gasteiger charge is 2.43. The molecule has 4 aromatic rings. The van der Waals surface area contributed by atoms with Crippen LogP contribution in [0.5, 0.6) is 11.5 Å². The van der Waals surface area contributed by atoms with Crippen molar-refractivity contribution in [2.24, 2.45) is 0 Å². The summed E-state index contributed by atoms with van der Waals surface area (Å²) in [4.78, 5) is 33.0. The summed E-state index contributed by atoms with van der Waals surface area (Å²) in [7, 11) is 0. The SMILES string of the molecule is CCOc1cc([C@@H]2c3c(oc4cc(C)c(Cl)cc4c3=O)C(=O)N2Cc2cccnc2)ccc1O. The van der Waals surface area contributed by atoms with Gasteiger partial charge in [0.05, 0.1) is 23.6 Å². The molecule has 0 bridgehead atoms. The number of amides is 1. The summed E-state index contributed by atoms with van der Waals surface area (Å²) >= 11 is 6.29. The summed E-state index contributed by atoms with van der Waals surface area (Å²) in [5, 5.41) is 10.9. The minimum absolute atomic E-state index is 0.000789. The normalized spacial score (nSPS) is 15.1. The Morgan fingerprint density at radius 1 is 1.21 bits per heavy atom. The number of hydrogen-bond acceptors (Lipinski definition) is 6. The molecular weight excluding hydrogens is 456 g/mol. The van der Waals surface area contributed by atoms with Gasteiger partial charge < -0.3 is 19.2 Å². The molecule has 5 rings (SSSR count). The van der Waals surface area contributed by atoms with Crippen molar-refractivity contribution < 1.29 is 19.1 Å². The maximum absolute atomic E-state index is 13.7. The van der Waals surface area contributed by atoms with Crippen molar-refractivity contribution in [1.82, 2.24) is 9.88 Å². The van der Waals surface area contributed by atoms with Gasteiger partial charge in [-0.3, -0.25) is 14.6 Å². The summed E-state index contributed by atoms with van der Waals surface area (Å²) in [6.45, 7) is 4.17. The number of fused-ring (bicyclic) bond motifs is 2. The number of phenolic OH excluding ortho intramolecular Hbond substituents is 1. The summed E-state index contributed by atoms with van der Waals surface area (Å²) in [5.41, 5.74) is 2.37. The Kier molecular flexibility index (Phi) is 5.49. The van der Waals surface area contributed by atoms with Crippen molar-refractivity contribution in [3.63, 3.8) is 0 Å². The highest BCUT2D eigenvalue weighted by atomic mass is 35.5. The predicted molar refractivity (Wildman–Crippen MR) is 127 cm³/mol. The molecule has 0 aliphatic carbocycles. The van der Waals surface area contributed by atoms with Crippen molar-refractivity contribution in [1.29, 1.82) is 0 Å². The molecule has 1 atom stereocenters. The fourth-order valence-electron chi connectivity index (χ4n) is 4.31. The number of aromatic nitrogens is 1. The van der Waals surface area contributed by atoms with Gasteiger partial charge in [0.25, 0.3) is 5.91 Å². The van der Waals surface area contributed by atoms with Crippen LogP contribution in [-0.4, -0.2) is 27.5 Å². The monoisotopic (exact) mass is 476 g/mol. The van der Waals surface area contributed by atoms with Gasteiger partial charge in [-0.1, -0.05) is 23.7 Å². The molecular formula is C26H21ClN2O5. The molecule has 3 heterocycles. The molecule has 8 heteroatoms. The summed E-state index contributed by atoms with van der Waals surface area (Å²) in [5.74, 6) is -0.159. The van der Waals surface area contributed by atoms with E-state index in [-0.39, 0.29) is 34.8 Å². The fourth-order valence-corrected chi connectivity index (χ4v) is 4.47. The van der Waals surface area contributed by atoms with Gasteiger partial charge in [-0.15, -0.1) is 0 Å². The Bertz CT molecular complexity index is 1480. The molecule has 0 unspecified atom stereocenters. The number of aromatic hydroxyl groups is 1. The zero-order chi connectivity index (χ0) is 24.0. The van der Waals surface area contributed by atoms with Crippen LogP contribution < -0.4 is 10.2 Å². The molecule has 172 valence electrons. The maximum Gasteiger partial charge on any atom is 0.291 e. The van der Waals surface area contributed by atoms with E-state index in [9.17, 15) is 14.7 Å². The first-order chi connectivity index (χ1) is 16.4. The number of carbonyl (C=O) groups is 1. The molecule has 1 amide bonds. The standard InChI is InChI=1S/C26H21ClN2O5/c1-3-33-21-10-16(6-7-19(21)30)23-22-24(31)17-11-18(27)14(2)9-20(17)34-25(22)26(32)29(23)13-15-5-4-8-28-12-15/h4-12,23,30H,3,13H2,1-2H3/t23-/m1/s1. The van der Waals surface area contributed by atoms with Gasteiger partial charge in [0.15, 0.2) is 16.9 Å². The third-order valence-electron chi connectivity index (χ3n) is 5.92. The van der Waals surface area contributed by atoms with E-state index in [1.165, 1.54) is 6.07 Å². The van der Waals surface area contributed by atoms with Gasteiger partial charge in [0, 0.05) is 24.0 Å². The van der Waals surface area contributed by atoms with Crippen LogP contribution in [0.2, 0.25) is 5.02 Å². The van der Waals surface area contributed by atoms with Crippen LogP contribution >= 0.6 is 11.6 Å². The lowest BCUT2D eigenvalue weighted by atomic mass is 9.97. The van der Waals surface area contributed by atoms with Crippen molar-refractivity contribution in [3.8, 4) is 11.5 Å². The second-order valence-corrected chi connectivity index (χ2v) is 8.54. The Morgan fingerprint density at radius 3 is 2.76 bits per heavy atom. The highest BCUT2D eigenvalue weighted by Crippen LogP contribution is 2.41. The zero-order valence-electron chi connectivity index (χ0n) is 18.5. The van der Waals surface area contributed by atoms with Crippen LogP contribution in [0.25, 0.3) is 11.0 Å². The average molecular weight is 477 g/mol. The van der Waals surface area contributed by atoms with Crippen LogP contribution in [0.1, 0.15) is 45.8 Å². The largest absolute Gasteiger partial charge is 0.504 e. The van der Waals surface area contributed by atoms with Crippen LogP contribution in [0.4, 0.5) is 0 Å². The van der Waals surface area contributed by atoms with E-state index in [0.717, 1.165) is 11.1 Å². The van der Waals surface area contributed by atoms with Crippen LogP contribution in [-0.2, 0) is 6.54 Å². The second kappa shape index (κ2) is 8.50. The number of ether oxygens (including phenoxy) is 1. The van der Waals surface area contributed by atoms with Crippen molar-refractivity contribution in [2.75, 3.05) is 6.61 Å². The molecule has 1 aliphatic heterocycles. The Hall–Kier alpha value is -3.84. The molecule has 0 saturated carbocycles. The van der Waals surface area contributed by atoms with Crippen molar-refractivity contribution in [2.45, 2.75) is 26.4 Å². The summed E-state index contributed by atoms with van der Waals surface area (Å²) in [6, 6.07) is 11.0. The molecule has 0 fully saturated rings. The number of benzene rings is 2. The minimum Gasteiger partial charge on any atom is -0.504 e. The molecule has 0 radical (unpaired) electrons. The van der Waals surface area contributed by atoms with Gasteiger partial charge in [-0.05, 0) is 60.9 Å². The number of hydrogen-bond donors (Lipinski definition) is 1. The Labute approximate surface area is 200 Å². The molecule has 7 nitrogen and oxygen atoms in total. The van der Waals surface area contributed by atoms with Crippen molar-refractivity contribution >= 4 is 28.5 Å². The fraction of sp³-hybridized carbons (Fsp3) is 0.192. The first kappa shape index (κ1) is 22.0. The van der Waals surface area contributed by atoms with E-state index in [0.29, 0.717) is 28.2 Å². The molecule has 1 N–H and O–H groups in total. The Morgan fingerprint density at radius 2 is 2.03 bits per heavy atom. The molecule has 0 spiro atoms. The molecule has 0 saturated heterocycles. The molecule has 1 aliphatic rings. The number of phenols is 1. The molecule has 2 aromatic heterocycles. The highest BCUT2D eigenvalue weighted by molar-refractivity contribution is 6.32. The third-order valence-corrected chi connectivity index (χ3v) is 6.33. The van der Waals surface area contributed by atoms with Gasteiger partial charge in [-0.2, -0.15) is 0 Å². The average Bonchev–Trinajstić information content (AvgIpc) is 3.09. The van der Waals surface area contributed by atoms with Gasteiger partial charge in [-0.25, -0.2) is 0 Å². The number of aryl methyl sites for hydroxylation is 1. The third kappa shape index (κ3) is 3.58. The van der Waals surface area contributed by atoms with Gasteiger partial charge in [0.2, 0.25) is 5.76 Å².